The summed E-state index contributed by atoms with van der Waals surface area (Å²) in [4.78, 5) is 0. The Balaban J connectivity index is 2.14. The van der Waals surface area contributed by atoms with Gasteiger partial charge in [-0.3, -0.25) is 0 Å². The standard InChI is InChI=1S/C17H23NO/c1-3-4-5-8-13(2)18-16-11-6-10-15-14(16)9-7-12-17(15)19/h6-7,9-13,18-19H,3-5,8H2,1-2H3. The van der Waals surface area contributed by atoms with Gasteiger partial charge in [0, 0.05) is 22.5 Å². The third kappa shape index (κ3) is 3.40. The van der Waals surface area contributed by atoms with Crippen molar-refractivity contribution in [1.82, 2.24) is 0 Å². The molecule has 0 saturated carbocycles. The van der Waals surface area contributed by atoms with Crippen LogP contribution in [0.15, 0.2) is 36.4 Å². The second-order valence-electron chi connectivity index (χ2n) is 5.22. The average Bonchev–Trinajstić information content (AvgIpc) is 2.40. The number of anilines is 1. The molecule has 1 atom stereocenters. The molecule has 0 saturated heterocycles. The van der Waals surface area contributed by atoms with E-state index in [9.17, 15) is 5.11 Å². The van der Waals surface area contributed by atoms with Crippen LogP contribution in [0.25, 0.3) is 10.8 Å². The number of fused-ring (bicyclic) bond motifs is 1. The number of hydrogen-bond acceptors (Lipinski definition) is 2. The SMILES string of the molecule is CCCCCC(C)Nc1cccc2c(O)cccc12. The lowest BCUT2D eigenvalue weighted by atomic mass is 10.1. The molecule has 2 heteroatoms. The first-order valence-electron chi connectivity index (χ1n) is 7.19. The summed E-state index contributed by atoms with van der Waals surface area (Å²) >= 11 is 0. The molecule has 2 nitrogen and oxygen atoms in total. The fourth-order valence-electron chi connectivity index (χ4n) is 2.46. The van der Waals surface area contributed by atoms with Crippen molar-refractivity contribution in [3.63, 3.8) is 0 Å². The number of rotatable bonds is 6. The number of unbranched alkanes of at least 4 members (excludes halogenated alkanes) is 2. The molecule has 0 fully saturated rings. The Kier molecular flexibility index (Phi) is 4.67. The molecule has 1 unspecified atom stereocenters. The first-order valence-corrected chi connectivity index (χ1v) is 7.19. The lowest BCUT2D eigenvalue weighted by molar-refractivity contribution is 0.481. The number of nitrogens with one attached hydrogen (secondary N) is 1. The molecule has 0 aliphatic rings. The molecule has 19 heavy (non-hydrogen) atoms. The minimum absolute atomic E-state index is 0.347. The van der Waals surface area contributed by atoms with Crippen molar-refractivity contribution in [1.29, 1.82) is 0 Å². The number of aromatic hydroxyl groups is 1. The van der Waals surface area contributed by atoms with E-state index in [4.69, 9.17) is 0 Å². The second-order valence-corrected chi connectivity index (χ2v) is 5.22. The zero-order chi connectivity index (χ0) is 13.7. The van der Waals surface area contributed by atoms with Crippen LogP contribution in [0.3, 0.4) is 0 Å². The minimum Gasteiger partial charge on any atom is -0.507 e. The van der Waals surface area contributed by atoms with E-state index in [1.54, 1.807) is 6.07 Å². The number of phenolic OH excluding ortho intramolecular Hbond substituents is 1. The van der Waals surface area contributed by atoms with Crippen molar-refractivity contribution in [3.05, 3.63) is 36.4 Å². The van der Waals surface area contributed by atoms with Crippen LogP contribution in [-0.4, -0.2) is 11.1 Å². The van der Waals surface area contributed by atoms with Gasteiger partial charge in [0.15, 0.2) is 0 Å². The van der Waals surface area contributed by atoms with Gasteiger partial charge in [-0.05, 0) is 25.5 Å². The summed E-state index contributed by atoms with van der Waals surface area (Å²) in [5.74, 6) is 0.347. The molecule has 0 aliphatic heterocycles. The molecule has 102 valence electrons. The largest absolute Gasteiger partial charge is 0.507 e. The van der Waals surface area contributed by atoms with Gasteiger partial charge < -0.3 is 10.4 Å². The lowest BCUT2D eigenvalue weighted by Crippen LogP contribution is -2.15. The highest BCUT2D eigenvalue weighted by Crippen LogP contribution is 2.30. The van der Waals surface area contributed by atoms with E-state index in [1.807, 2.05) is 18.2 Å². The van der Waals surface area contributed by atoms with Gasteiger partial charge in [0.25, 0.3) is 0 Å². The van der Waals surface area contributed by atoms with Crippen LogP contribution in [-0.2, 0) is 0 Å². The van der Waals surface area contributed by atoms with Crippen LogP contribution >= 0.6 is 0 Å². The average molecular weight is 257 g/mol. The van der Waals surface area contributed by atoms with E-state index in [0.717, 1.165) is 16.5 Å². The zero-order valence-electron chi connectivity index (χ0n) is 11.8. The van der Waals surface area contributed by atoms with Crippen LogP contribution in [0.2, 0.25) is 0 Å². The van der Waals surface area contributed by atoms with Crippen molar-refractivity contribution in [2.75, 3.05) is 5.32 Å². The highest BCUT2D eigenvalue weighted by molar-refractivity contribution is 5.97. The third-order valence-corrected chi connectivity index (χ3v) is 3.54. The molecule has 0 aromatic heterocycles. The van der Waals surface area contributed by atoms with E-state index >= 15 is 0 Å². The first kappa shape index (κ1) is 13.7. The molecule has 2 aromatic carbocycles. The lowest BCUT2D eigenvalue weighted by Gasteiger charge is -2.17. The Morgan fingerprint density at radius 2 is 1.79 bits per heavy atom. The zero-order valence-corrected chi connectivity index (χ0v) is 11.8. The van der Waals surface area contributed by atoms with Gasteiger partial charge >= 0.3 is 0 Å². The van der Waals surface area contributed by atoms with Crippen LogP contribution in [0.1, 0.15) is 39.5 Å². The molecule has 0 bridgehead atoms. The molecule has 0 radical (unpaired) electrons. The Labute approximate surface area is 115 Å². The number of hydrogen-bond donors (Lipinski definition) is 2. The molecule has 2 rings (SSSR count). The van der Waals surface area contributed by atoms with Crippen LogP contribution < -0.4 is 5.32 Å². The maximum Gasteiger partial charge on any atom is 0.123 e. The summed E-state index contributed by atoms with van der Waals surface area (Å²) in [6.45, 7) is 4.45. The smallest absolute Gasteiger partial charge is 0.123 e. The van der Waals surface area contributed by atoms with Gasteiger partial charge in [0.05, 0.1) is 0 Å². The van der Waals surface area contributed by atoms with Crippen LogP contribution in [0.4, 0.5) is 5.69 Å². The van der Waals surface area contributed by atoms with Crippen molar-refractivity contribution < 1.29 is 5.11 Å². The van der Waals surface area contributed by atoms with E-state index in [1.165, 1.54) is 25.7 Å². The fraction of sp³-hybridized carbons (Fsp3) is 0.412. The van der Waals surface area contributed by atoms with Crippen molar-refractivity contribution in [3.8, 4) is 5.75 Å². The van der Waals surface area contributed by atoms with Crippen molar-refractivity contribution in [2.45, 2.75) is 45.6 Å². The maximum absolute atomic E-state index is 9.88. The molecular weight excluding hydrogens is 234 g/mol. The van der Waals surface area contributed by atoms with Crippen molar-refractivity contribution >= 4 is 16.5 Å². The molecular formula is C17H23NO. The van der Waals surface area contributed by atoms with Gasteiger partial charge in [-0.2, -0.15) is 0 Å². The van der Waals surface area contributed by atoms with Gasteiger partial charge in [0.2, 0.25) is 0 Å². The summed E-state index contributed by atoms with van der Waals surface area (Å²) in [6, 6.07) is 12.2. The monoisotopic (exact) mass is 257 g/mol. The van der Waals surface area contributed by atoms with Crippen molar-refractivity contribution in [2.24, 2.45) is 0 Å². The minimum atomic E-state index is 0.347. The molecule has 2 N–H and O–H groups in total. The van der Waals surface area contributed by atoms with Gasteiger partial charge in [-0.1, -0.05) is 50.5 Å². The van der Waals surface area contributed by atoms with E-state index in [-0.39, 0.29) is 0 Å². The van der Waals surface area contributed by atoms with Gasteiger partial charge in [-0.15, -0.1) is 0 Å². The molecule has 0 heterocycles. The van der Waals surface area contributed by atoms with Crippen LogP contribution in [0, 0.1) is 0 Å². The maximum atomic E-state index is 9.88. The Hall–Kier alpha value is -1.70. The summed E-state index contributed by atoms with van der Waals surface area (Å²) in [7, 11) is 0. The van der Waals surface area contributed by atoms with E-state index < -0.39 is 0 Å². The molecule has 0 aliphatic carbocycles. The number of phenols is 1. The summed E-state index contributed by atoms with van der Waals surface area (Å²) in [5, 5.41) is 15.4. The molecule has 2 aromatic rings. The Morgan fingerprint density at radius 3 is 2.58 bits per heavy atom. The van der Waals surface area contributed by atoms with Gasteiger partial charge in [0.1, 0.15) is 5.75 Å². The highest BCUT2D eigenvalue weighted by atomic mass is 16.3. The topological polar surface area (TPSA) is 32.3 Å². The summed E-state index contributed by atoms with van der Waals surface area (Å²) in [5.41, 5.74) is 1.11. The Bertz CT molecular complexity index is 536. The summed E-state index contributed by atoms with van der Waals surface area (Å²) in [6.07, 6.45) is 5.00. The number of benzene rings is 2. The second kappa shape index (κ2) is 6.46. The quantitative estimate of drug-likeness (QED) is 0.719. The predicted molar refractivity (Wildman–Crippen MR) is 82.8 cm³/mol. The molecule has 0 spiro atoms. The predicted octanol–water partition coefficient (Wildman–Crippen LogP) is 4.93. The van der Waals surface area contributed by atoms with Gasteiger partial charge in [-0.25, -0.2) is 0 Å². The van der Waals surface area contributed by atoms with Crippen LogP contribution in [0.5, 0.6) is 5.75 Å². The summed E-state index contributed by atoms with van der Waals surface area (Å²) < 4.78 is 0. The van der Waals surface area contributed by atoms with E-state index in [0.29, 0.717) is 11.8 Å². The molecule has 0 amide bonds. The fourth-order valence-corrected chi connectivity index (χ4v) is 2.46. The first-order chi connectivity index (χ1) is 9.22. The van der Waals surface area contributed by atoms with E-state index in [2.05, 4.69) is 31.3 Å². The Morgan fingerprint density at radius 1 is 1.05 bits per heavy atom. The highest BCUT2D eigenvalue weighted by Gasteiger charge is 2.06. The third-order valence-electron chi connectivity index (χ3n) is 3.54. The normalized spacial score (nSPS) is 12.5.